The minimum atomic E-state index is 0.286. The lowest BCUT2D eigenvalue weighted by Gasteiger charge is -2.13. The van der Waals surface area contributed by atoms with E-state index in [2.05, 4.69) is 5.10 Å². The lowest BCUT2D eigenvalue weighted by molar-refractivity contribution is 0.545. The standard InChI is InChI=1S/C13H22N4/c1-17-13(10-7-4-8-11(10)14)15-12(16-17)9-5-2-3-6-9/h9-11H,2-8,14H2,1H3. The second-order valence-electron chi connectivity index (χ2n) is 5.63. The minimum absolute atomic E-state index is 0.286. The molecule has 1 aromatic rings. The van der Waals surface area contributed by atoms with Crippen LogP contribution in [0.25, 0.3) is 0 Å². The van der Waals surface area contributed by atoms with Gasteiger partial charge in [0.25, 0.3) is 0 Å². The second kappa shape index (κ2) is 4.41. The second-order valence-corrected chi connectivity index (χ2v) is 5.63. The normalized spacial score (nSPS) is 30.2. The monoisotopic (exact) mass is 234 g/mol. The molecule has 2 N–H and O–H groups in total. The summed E-state index contributed by atoms with van der Waals surface area (Å²) < 4.78 is 1.98. The molecule has 2 unspecified atom stereocenters. The summed E-state index contributed by atoms with van der Waals surface area (Å²) >= 11 is 0. The Bertz CT molecular complexity index is 392. The van der Waals surface area contributed by atoms with Crippen molar-refractivity contribution in [1.82, 2.24) is 14.8 Å². The Morgan fingerprint density at radius 2 is 1.88 bits per heavy atom. The summed E-state index contributed by atoms with van der Waals surface area (Å²) in [5.41, 5.74) is 6.16. The Morgan fingerprint density at radius 1 is 1.12 bits per heavy atom. The molecule has 2 saturated carbocycles. The van der Waals surface area contributed by atoms with Crippen LogP contribution in [0.3, 0.4) is 0 Å². The average Bonchev–Trinajstić information content (AvgIpc) is 2.98. The van der Waals surface area contributed by atoms with Crippen molar-refractivity contribution in [3.8, 4) is 0 Å². The van der Waals surface area contributed by atoms with Crippen LogP contribution in [0.5, 0.6) is 0 Å². The van der Waals surface area contributed by atoms with Crippen LogP contribution in [-0.2, 0) is 7.05 Å². The van der Waals surface area contributed by atoms with Crippen LogP contribution in [0.15, 0.2) is 0 Å². The Balaban J connectivity index is 1.84. The van der Waals surface area contributed by atoms with Crippen LogP contribution in [0, 0.1) is 0 Å². The van der Waals surface area contributed by atoms with Gasteiger partial charge >= 0.3 is 0 Å². The SMILES string of the molecule is Cn1nc(C2CCCC2)nc1C1CCCC1N. The topological polar surface area (TPSA) is 56.7 Å². The van der Waals surface area contributed by atoms with Crippen molar-refractivity contribution < 1.29 is 0 Å². The lowest BCUT2D eigenvalue weighted by Crippen LogP contribution is -2.25. The van der Waals surface area contributed by atoms with E-state index in [1.807, 2.05) is 11.7 Å². The summed E-state index contributed by atoms with van der Waals surface area (Å²) in [4.78, 5) is 4.80. The van der Waals surface area contributed by atoms with E-state index in [1.54, 1.807) is 0 Å². The van der Waals surface area contributed by atoms with Crippen LogP contribution in [0.4, 0.5) is 0 Å². The van der Waals surface area contributed by atoms with E-state index in [-0.39, 0.29) is 6.04 Å². The fourth-order valence-electron chi connectivity index (χ4n) is 3.41. The number of nitrogens with zero attached hydrogens (tertiary/aromatic N) is 3. The van der Waals surface area contributed by atoms with Crippen molar-refractivity contribution in [1.29, 1.82) is 0 Å². The highest BCUT2D eigenvalue weighted by Crippen LogP contribution is 2.35. The maximum absolute atomic E-state index is 6.16. The summed E-state index contributed by atoms with van der Waals surface area (Å²) in [6, 6.07) is 0.286. The first-order chi connectivity index (χ1) is 8.25. The molecule has 2 aliphatic rings. The predicted octanol–water partition coefficient (Wildman–Crippen LogP) is 2.07. The zero-order chi connectivity index (χ0) is 11.8. The van der Waals surface area contributed by atoms with E-state index in [0.29, 0.717) is 11.8 Å². The van der Waals surface area contributed by atoms with Crippen LogP contribution in [0.1, 0.15) is 68.4 Å². The highest BCUT2D eigenvalue weighted by molar-refractivity contribution is 5.09. The summed E-state index contributed by atoms with van der Waals surface area (Å²) in [5.74, 6) is 3.23. The van der Waals surface area contributed by atoms with E-state index >= 15 is 0 Å². The molecule has 17 heavy (non-hydrogen) atoms. The zero-order valence-electron chi connectivity index (χ0n) is 10.6. The van der Waals surface area contributed by atoms with Crippen molar-refractivity contribution in [2.24, 2.45) is 12.8 Å². The van der Waals surface area contributed by atoms with E-state index in [4.69, 9.17) is 10.7 Å². The Hall–Kier alpha value is -0.900. The van der Waals surface area contributed by atoms with Gasteiger partial charge in [0.1, 0.15) is 5.82 Å². The molecule has 94 valence electrons. The Morgan fingerprint density at radius 3 is 2.53 bits per heavy atom. The molecule has 2 atom stereocenters. The van der Waals surface area contributed by atoms with Gasteiger partial charge in [0.2, 0.25) is 0 Å². The van der Waals surface area contributed by atoms with Crippen molar-refractivity contribution in [2.75, 3.05) is 0 Å². The molecule has 0 bridgehead atoms. The molecule has 0 aromatic carbocycles. The number of hydrogen-bond acceptors (Lipinski definition) is 3. The summed E-state index contributed by atoms with van der Waals surface area (Å²) in [7, 11) is 2.02. The van der Waals surface area contributed by atoms with E-state index in [0.717, 1.165) is 18.1 Å². The molecule has 4 heteroatoms. The molecule has 3 rings (SSSR count). The van der Waals surface area contributed by atoms with Gasteiger partial charge in [-0.3, -0.25) is 4.68 Å². The first-order valence-electron chi connectivity index (χ1n) is 6.92. The molecule has 0 aliphatic heterocycles. The van der Waals surface area contributed by atoms with Gasteiger partial charge in [-0.15, -0.1) is 0 Å². The maximum atomic E-state index is 6.16. The summed E-state index contributed by atoms with van der Waals surface area (Å²) in [6.45, 7) is 0. The van der Waals surface area contributed by atoms with Gasteiger partial charge in [-0.2, -0.15) is 5.10 Å². The van der Waals surface area contributed by atoms with Gasteiger partial charge in [-0.05, 0) is 25.7 Å². The average molecular weight is 234 g/mol. The van der Waals surface area contributed by atoms with Crippen molar-refractivity contribution >= 4 is 0 Å². The highest BCUT2D eigenvalue weighted by atomic mass is 15.3. The smallest absolute Gasteiger partial charge is 0.154 e. The van der Waals surface area contributed by atoms with Crippen LogP contribution in [-0.4, -0.2) is 20.8 Å². The fraction of sp³-hybridized carbons (Fsp3) is 0.846. The molecule has 2 fully saturated rings. The van der Waals surface area contributed by atoms with Crippen LogP contribution in [0.2, 0.25) is 0 Å². The van der Waals surface area contributed by atoms with Gasteiger partial charge < -0.3 is 5.73 Å². The van der Waals surface area contributed by atoms with Gasteiger partial charge in [0.15, 0.2) is 5.82 Å². The van der Waals surface area contributed by atoms with Crippen LogP contribution < -0.4 is 5.73 Å². The van der Waals surface area contributed by atoms with E-state index in [1.165, 1.54) is 38.5 Å². The van der Waals surface area contributed by atoms with Gasteiger partial charge in [0, 0.05) is 24.9 Å². The fourth-order valence-corrected chi connectivity index (χ4v) is 3.41. The number of aryl methyl sites for hydroxylation is 1. The third kappa shape index (κ3) is 1.99. The predicted molar refractivity (Wildman–Crippen MR) is 66.8 cm³/mol. The molecule has 0 saturated heterocycles. The van der Waals surface area contributed by atoms with Crippen LogP contribution >= 0.6 is 0 Å². The van der Waals surface area contributed by atoms with E-state index in [9.17, 15) is 0 Å². The summed E-state index contributed by atoms with van der Waals surface area (Å²) in [6.07, 6.45) is 8.74. The van der Waals surface area contributed by atoms with E-state index < -0.39 is 0 Å². The molecule has 2 aliphatic carbocycles. The number of hydrogen-bond donors (Lipinski definition) is 1. The molecule has 1 heterocycles. The number of aromatic nitrogens is 3. The molecular weight excluding hydrogens is 212 g/mol. The van der Waals surface area contributed by atoms with Gasteiger partial charge in [0.05, 0.1) is 0 Å². The zero-order valence-corrected chi connectivity index (χ0v) is 10.6. The Labute approximate surface area is 103 Å². The largest absolute Gasteiger partial charge is 0.327 e. The molecular formula is C13H22N4. The minimum Gasteiger partial charge on any atom is -0.327 e. The third-order valence-electron chi connectivity index (χ3n) is 4.43. The molecule has 0 radical (unpaired) electrons. The molecule has 4 nitrogen and oxygen atoms in total. The Kier molecular flexibility index (Phi) is 2.90. The van der Waals surface area contributed by atoms with Crippen molar-refractivity contribution in [2.45, 2.75) is 62.8 Å². The lowest BCUT2D eigenvalue weighted by atomic mass is 10.0. The molecule has 1 aromatic heterocycles. The quantitative estimate of drug-likeness (QED) is 0.852. The summed E-state index contributed by atoms with van der Waals surface area (Å²) in [5, 5.41) is 4.62. The first kappa shape index (κ1) is 11.2. The van der Waals surface area contributed by atoms with Gasteiger partial charge in [-0.25, -0.2) is 4.98 Å². The van der Waals surface area contributed by atoms with Crippen molar-refractivity contribution in [3.63, 3.8) is 0 Å². The first-order valence-corrected chi connectivity index (χ1v) is 6.92. The molecule has 0 amide bonds. The van der Waals surface area contributed by atoms with Gasteiger partial charge in [-0.1, -0.05) is 19.3 Å². The molecule has 0 spiro atoms. The maximum Gasteiger partial charge on any atom is 0.154 e. The number of nitrogens with two attached hydrogens (primary N) is 1. The van der Waals surface area contributed by atoms with Crippen molar-refractivity contribution in [3.05, 3.63) is 11.6 Å². The highest BCUT2D eigenvalue weighted by Gasteiger charge is 2.31. The third-order valence-corrected chi connectivity index (χ3v) is 4.43. The number of rotatable bonds is 2.